The summed E-state index contributed by atoms with van der Waals surface area (Å²) in [7, 11) is 0. The molecule has 0 spiro atoms. The van der Waals surface area contributed by atoms with Crippen molar-refractivity contribution in [1.29, 1.82) is 0 Å². The van der Waals surface area contributed by atoms with Gasteiger partial charge in [-0.05, 0) is 29.9 Å². The molecule has 18 heavy (non-hydrogen) atoms. The maximum absolute atomic E-state index is 10.4. The fourth-order valence-electron chi connectivity index (χ4n) is 1.77. The molecule has 0 aliphatic rings. The van der Waals surface area contributed by atoms with Gasteiger partial charge in [-0.1, -0.05) is 39.0 Å². The zero-order valence-corrected chi connectivity index (χ0v) is 11.4. The fraction of sp³-hybridized carbons (Fsp3) is 0.533. The molecule has 0 heterocycles. The third-order valence-electron chi connectivity index (χ3n) is 2.74. The summed E-state index contributed by atoms with van der Waals surface area (Å²) in [6, 6.07) is 8.02. The summed E-state index contributed by atoms with van der Waals surface area (Å²) in [6.45, 7) is 7.03. The molecule has 0 atom stereocenters. The van der Waals surface area contributed by atoms with E-state index < -0.39 is 5.97 Å². The summed E-state index contributed by atoms with van der Waals surface area (Å²) in [4.78, 5) is 10.4. The molecule has 0 bridgehead atoms. The molecule has 1 aromatic rings. The van der Waals surface area contributed by atoms with Gasteiger partial charge < -0.3 is 9.84 Å². The van der Waals surface area contributed by atoms with Crippen LogP contribution in [0.3, 0.4) is 0 Å². The summed E-state index contributed by atoms with van der Waals surface area (Å²) < 4.78 is 5.75. The van der Waals surface area contributed by atoms with E-state index in [2.05, 4.69) is 26.8 Å². The van der Waals surface area contributed by atoms with Gasteiger partial charge in [-0.3, -0.25) is 4.79 Å². The highest BCUT2D eigenvalue weighted by Crippen LogP contribution is 2.30. The van der Waals surface area contributed by atoms with Crippen molar-refractivity contribution in [3.63, 3.8) is 0 Å². The average Bonchev–Trinajstić information content (AvgIpc) is 2.27. The van der Waals surface area contributed by atoms with Gasteiger partial charge in [-0.15, -0.1) is 0 Å². The Morgan fingerprint density at radius 1 is 1.22 bits per heavy atom. The van der Waals surface area contributed by atoms with Crippen LogP contribution < -0.4 is 4.74 Å². The first-order chi connectivity index (χ1) is 8.41. The highest BCUT2D eigenvalue weighted by molar-refractivity contribution is 5.66. The second kappa shape index (κ2) is 6.43. The van der Waals surface area contributed by atoms with Crippen LogP contribution in [0.5, 0.6) is 5.75 Å². The van der Waals surface area contributed by atoms with E-state index in [1.54, 1.807) is 0 Å². The van der Waals surface area contributed by atoms with Crippen molar-refractivity contribution in [3.05, 3.63) is 29.8 Å². The van der Waals surface area contributed by atoms with Crippen LogP contribution in [0.25, 0.3) is 0 Å². The average molecular weight is 250 g/mol. The molecule has 0 aliphatic heterocycles. The molecule has 0 saturated carbocycles. The number of unbranched alkanes of at least 4 members (excludes halogenated alkanes) is 1. The number of para-hydroxylation sites is 1. The van der Waals surface area contributed by atoms with Crippen LogP contribution in [0.4, 0.5) is 0 Å². The lowest BCUT2D eigenvalue weighted by Gasteiger charge is -2.22. The Hall–Kier alpha value is -1.51. The van der Waals surface area contributed by atoms with Crippen LogP contribution in [-0.4, -0.2) is 17.7 Å². The van der Waals surface area contributed by atoms with E-state index in [4.69, 9.17) is 9.84 Å². The lowest BCUT2D eigenvalue weighted by Crippen LogP contribution is -2.13. The van der Waals surface area contributed by atoms with Crippen LogP contribution in [0.2, 0.25) is 0 Å². The minimum atomic E-state index is -0.745. The normalized spacial score (nSPS) is 11.3. The van der Waals surface area contributed by atoms with Gasteiger partial charge in [-0.2, -0.15) is 0 Å². The van der Waals surface area contributed by atoms with E-state index in [0.717, 1.165) is 12.2 Å². The number of benzene rings is 1. The van der Waals surface area contributed by atoms with Crippen molar-refractivity contribution in [2.45, 2.75) is 45.4 Å². The molecule has 3 heteroatoms. The Morgan fingerprint density at radius 3 is 2.50 bits per heavy atom. The van der Waals surface area contributed by atoms with E-state index >= 15 is 0 Å². The summed E-state index contributed by atoms with van der Waals surface area (Å²) in [5.41, 5.74) is 1.24. The number of carbonyl (C=O) groups is 1. The molecule has 0 amide bonds. The molecule has 0 radical (unpaired) electrons. The first kappa shape index (κ1) is 14.6. The molecule has 0 aromatic heterocycles. The van der Waals surface area contributed by atoms with Crippen molar-refractivity contribution < 1.29 is 14.6 Å². The molecule has 0 unspecified atom stereocenters. The van der Waals surface area contributed by atoms with Gasteiger partial charge in [-0.25, -0.2) is 0 Å². The second-order valence-electron chi connectivity index (χ2n) is 5.45. The fourth-order valence-corrected chi connectivity index (χ4v) is 1.77. The minimum absolute atomic E-state index is 0.0532. The van der Waals surface area contributed by atoms with Gasteiger partial charge in [0, 0.05) is 6.42 Å². The van der Waals surface area contributed by atoms with E-state index in [0.29, 0.717) is 13.0 Å². The Morgan fingerprint density at radius 2 is 1.89 bits per heavy atom. The highest BCUT2D eigenvalue weighted by atomic mass is 16.5. The van der Waals surface area contributed by atoms with Gasteiger partial charge in [0.1, 0.15) is 5.75 Å². The predicted molar refractivity (Wildman–Crippen MR) is 72.1 cm³/mol. The third kappa shape index (κ3) is 4.78. The second-order valence-corrected chi connectivity index (χ2v) is 5.45. The van der Waals surface area contributed by atoms with Crippen molar-refractivity contribution >= 4 is 5.97 Å². The quantitative estimate of drug-likeness (QED) is 0.784. The van der Waals surface area contributed by atoms with Crippen molar-refractivity contribution in [2.24, 2.45) is 0 Å². The standard InChI is InChI=1S/C15H22O3/c1-15(2,3)12-8-4-5-9-13(12)18-11-7-6-10-14(16)17/h4-5,8-9H,6-7,10-11H2,1-3H3,(H,16,17). The topological polar surface area (TPSA) is 46.5 Å². The molecule has 1 rings (SSSR count). The number of aliphatic carboxylic acids is 1. The molecular formula is C15H22O3. The van der Waals surface area contributed by atoms with E-state index in [9.17, 15) is 4.79 Å². The van der Waals surface area contributed by atoms with Crippen molar-refractivity contribution in [2.75, 3.05) is 6.61 Å². The molecule has 1 N–H and O–H groups in total. The number of ether oxygens (including phenoxy) is 1. The highest BCUT2D eigenvalue weighted by Gasteiger charge is 2.18. The van der Waals surface area contributed by atoms with E-state index in [1.165, 1.54) is 5.56 Å². The molecule has 0 fully saturated rings. The lowest BCUT2D eigenvalue weighted by molar-refractivity contribution is -0.137. The van der Waals surface area contributed by atoms with Crippen LogP contribution >= 0.6 is 0 Å². The van der Waals surface area contributed by atoms with E-state index in [-0.39, 0.29) is 11.8 Å². The number of carboxylic acids is 1. The first-order valence-electron chi connectivity index (χ1n) is 6.35. The zero-order chi connectivity index (χ0) is 13.6. The Bertz CT molecular complexity index is 391. The van der Waals surface area contributed by atoms with Crippen molar-refractivity contribution in [3.8, 4) is 5.75 Å². The SMILES string of the molecule is CC(C)(C)c1ccccc1OCCCCC(=O)O. The Kier molecular flexibility index (Phi) is 5.20. The number of carboxylic acid groups (broad SMARTS) is 1. The van der Waals surface area contributed by atoms with E-state index in [1.807, 2.05) is 18.2 Å². The number of hydrogen-bond donors (Lipinski definition) is 1. The molecule has 1 aromatic carbocycles. The van der Waals surface area contributed by atoms with Crippen LogP contribution in [0.1, 0.15) is 45.6 Å². The summed E-state index contributed by atoms with van der Waals surface area (Å²) in [5.74, 6) is 0.158. The number of rotatable bonds is 6. The molecule has 100 valence electrons. The number of hydrogen-bond acceptors (Lipinski definition) is 2. The Labute approximate surface area is 109 Å². The summed E-state index contributed by atoms with van der Waals surface area (Å²) in [5, 5.41) is 8.54. The molecule has 0 aliphatic carbocycles. The largest absolute Gasteiger partial charge is 0.493 e. The third-order valence-corrected chi connectivity index (χ3v) is 2.74. The predicted octanol–water partition coefficient (Wildman–Crippen LogP) is 3.62. The maximum Gasteiger partial charge on any atom is 0.303 e. The van der Waals surface area contributed by atoms with Crippen LogP contribution in [0.15, 0.2) is 24.3 Å². The molecule has 0 saturated heterocycles. The monoisotopic (exact) mass is 250 g/mol. The van der Waals surface area contributed by atoms with Crippen molar-refractivity contribution in [1.82, 2.24) is 0 Å². The minimum Gasteiger partial charge on any atom is -0.493 e. The lowest BCUT2D eigenvalue weighted by atomic mass is 9.86. The summed E-state index contributed by atoms with van der Waals surface area (Å²) in [6.07, 6.45) is 1.64. The molecular weight excluding hydrogens is 228 g/mol. The van der Waals surface area contributed by atoms with Crippen LogP contribution in [0, 0.1) is 0 Å². The van der Waals surface area contributed by atoms with Gasteiger partial charge in [0.15, 0.2) is 0 Å². The van der Waals surface area contributed by atoms with Gasteiger partial charge >= 0.3 is 5.97 Å². The van der Waals surface area contributed by atoms with Gasteiger partial charge in [0.25, 0.3) is 0 Å². The first-order valence-corrected chi connectivity index (χ1v) is 6.35. The van der Waals surface area contributed by atoms with Crippen LogP contribution in [-0.2, 0) is 10.2 Å². The Balaban J connectivity index is 2.50. The van der Waals surface area contributed by atoms with Gasteiger partial charge in [0.2, 0.25) is 0 Å². The van der Waals surface area contributed by atoms with Gasteiger partial charge in [0.05, 0.1) is 6.61 Å². The smallest absolute Gasteiger partial charge is 0.303 e. The summed E-state index contributed by atoms with van der Waals surface area (Å²) >= 11 is 0. The maximum atomic E-state index is 10.4. The zero-order valence-electron chi connectivity index (χ0n) is 11.4. The molecule has 3 nitrogen and oxygen atoms in total.